The van der Waals surface area contributed by atoms with Crippen LogP contribution in [0.2, 0.25) is 0 Å². The monoisotopic (exact) mass is 244 g/mol. The van der Waals surface area contributed by atoms with Crippen LogP contribution < -0.4 is 5.73 Å². The van der Waals surface area contributed by atoms with Gasteiger partial charge in [0.25, 0.3) is 0 Å². The fourth-order valence-electron chi connectivity index (χ4n) is 1.77. The highest BCUT2D eigenvalue weighted by atomic mass is 16.6. The second kappa shape index (κ2) is 4.91. The van der Waals surface area contributed by atoms with Crippen LogP contribution in [0.25, 0.3) is 0 Å². The highest BCUT2D eigenvalue weighted by molar-refractivity contribution is 5.80. The molecule has 0 unspecified atom stereocenters. The van der Waals surface area contributed by atoms with Crippen LogP contribution in [0.3, 0.4) is 0 Å². The van der Waals surface area contributed by atoms with Gasteiger partial charge in [-0.15, -0.1) is 0 Å². The number of hydrogen-bond donors (Lipinski definition) is 2. The van der Waals surface area contributed by atoms with Crippen LogP contribution in [-0.4, -0.2) is 46.3 Å². The smallest absolute Gasteiger partial charge is 0.411 e. The third kappa shape index (κ3) is 3.89. The first-order chi connectivity index (χ1) is 7.70. The molecule has 98 valence electrons. The molecule has 2 atom stereocenters. The number of rotatable bonds is 1. The van der Waals surface area contributed by atoms with Crippen molar-refractivity contribution < 1.29 is 19.4 Å². The maximum absolute atomic E-state index is 11.8. The van der Waals surface area contributed by atoms with Gasteiger partial charge in [0, 0.05) is 12.6 Å². The summed E-state index contributed by atoms with van der Waals surface area (Å²) in [6, 6.07) is -1.05. The lowest BCUT2D eigenvalue weighted by atomic mass is 9.98. The molecule has 3 N–H and O–H groups in total. The topological polar surface area (TPSA) is 92.9 Å². The summed E-state index contributed by atoms with van der Waals surface area (Å²) >= 11 is 0. The number of carboxylic acid groups (broad SMARTS) is 1. The van der Waals surface area contributed by atoms with Gasteiger partial charge in [-0.2, -0.15) is 0 Å². The molecule has 1 amide bonds. The van der Waals surface area contributed by atoms with Crippen molar-refractivity contribution in [3.63, 3.8) is 0 Å². The molecule has 17 heavy (non-hydrogen) atoms. The summed E-state index contributed by atoms with van der Waals surface area (Å²) in [7, 11) is 0. The Morgan fingerprint density at radius 1 is 1.41 bits per heavy atom. The Bertz CT molecular complexity index is 311. The minimum absolute atomic E-state index is 0.171. The number of carboxylic acids is 1. The van der Waals surface area contributed by atoms with E-state index in [1.54, 1.807) is 20.8 Å². The molecule has 1 heterocycles. The Kier molecular flexibility index (Phi) is 3.98. The van der Waals surface area contributed by atoms with Crippen LogP contribution in [0.15, 0.2) is 0 Å². The van der Waals surface area contributed by atoms with Gasteiger partial charge in [-0.3, -0.25) is 4.90 Å². The van der Waals surface area contributed by atoms with Crippen LogP contribution in [0.5, 0.6) is 0 Å². The van der Waals surface area contributed by atoms with E-state index in [-0.39, 0.29) is 12.5 Å². The Morgan fingerprint density at radius 2 is 2.00 bits per heavy atom. The summed E-state index contributed by atoms with van der Waals surface area (Å²) in [5, 5.41) is 9.07. The van der Waals surface area contributed by atoms with E-state index >= 15 is 0 Å². The highest BCUT2D eigenvalue weighted by Gasteiger charge is 2.37. The van der Waals surface area contributed by atoms with Crippen molar-refractivity contribution in [3.8, 4) is 0 Å². The second-order valence-electron chi connectivity index (χ2n) is 5.31. The van der Waals surface area contributed by atoms with E-state index in [0.717, 1.165) is 0 Å². The number of carbonyl (C=O) groups is 2. The van der Waals surface area contributed by atoms with Gasteiger partial charge in [-0.1, -0.05) is 0 Å². The summed E-state index contributed by atoms with van der Waals surface area (Å²) in [5.41, 5.74) is 5.09. The number of nitrogens with zero attached hydrogens (tertiary/aromatic N) is 1. The van der Waals surface area contributed by atoms with Gasteiger partial charge in [0.05, 0.1) is 0 Å². The van der Waals surface area contributed by atoms with E-state index in [0.29, 0.717) is 13.0 Å². The maximum atomic E-state index is 11.8. The molecule has 0 bridgehead atoms. The summed E-state index contributed by atoms with van der Waals surface area (Å²) in [4.78, 5) is 24.2. The van der Waals surface area contributed by atoms with Gasteiger partial charge in [0.2, 0.25) is 0 Å². The van der Waals surface area contributed by atoms with Crippen molar-refractivity contribution in [1.82, 2.24) is 4.90 Å². The van der Waals surface area contributed by atoms with Crippen molar-refractivity contribution in [2.45, 2.75) is 51.3 Å². The van der Waals surface area contributed by atoms with Crippen molar-refractivity contribution in [2.24, 2.45) is 5.73 Å². The van der Waals surface area contributed by atoms with Crippen molar-refractivity contribution in [3.05, 3.63) is 0 Å². The molecule has 0 aliphatic carbocycles. The molecule has 1 fully saturated rings. The van der Waals surface area contributed by atoms with Gasteiger partial charge in [0.15, 0.2) is 0 Å². The summed E-state index contributed by atoms with van der Waals surface area (Å²) in [5.74, 6) is -1.04. The number of ether oxygens (including phenoxy) is 1. The summed E-state index contributed by atoms with van der Waals surface area (Å²) in [6.07, 6.45) is 0.286. The quantitative estimate of drug-likeness (QED) is 0.711. The van der Waals surface area contributed by atoms with Crippen molar-refractivity contribution in [1.29, 1.82) is 0 Å². The molecule has 0 saturated carbocycles. The Balaban J connectivity index is 2.73. The van der Waals surface area contributed by atoms with Crippen LogP contribution in [-0.2, 0) is 9.53 Å². The predicted molar refractivity (Wildman–Crippen MR) is 61.6 cm³/mol. The number of aliphatic carboxylic acids is 1. The molecule has 1 aliphatic heterocycles. The minimum Gasteiger partial charge on any atom is -0.480 e. The third-order valence-corrected chi connectivity index (χ3v) is 2.56. The zero-order chi connectivity index (χ0) is 13.2. The first-order valence-electron chi connectivity index (χ1n) is 5.68. The van der Waals surface area contributed by atoms with E-state index in [1.165, 1.54) is 4.90 Å². The largest absolute Gasteiger partial charge is 0.480 e. The number of nitrogens with two attached hydrogens (primary N) is 1. The van der Waals surface area contributed by atoms with Gasteiger partial charge >= 0.3 is 12.1 Å². The molecular weight excluding hydrogens is 224 g/mol. The van der Waals surface area contributed by atoms with Crippen LogP contribution in [0, 0.1) is 0 Å². The van der Waals surface area contributed by atoms with Crippen LogP contribution in [0.4, 0.5) is 4.79 Å². The third-order valence-electron chi connectivity index (χ3n) is 2.56. The van der Waals surface area contributed by atoms with Gasteiger partial charge < -0.3 is 15.6 Å². The number of hydrogen-bond acceptors (Lipinski definition) is 4. The van der Waals surface area contributed by atoms with E-state index < -0.39 is 23.7 Å². The minimum atomic E-state index is -1.04. The molecule has 0 radical (unpaired) electrons. The molecule has 1 saturated heterocycles. The number of amides is 1. The first-order valence-corrected chi connectivity index (χ1v) is 5.68. The number of likely N-dealkylation sites (tertiary alicyclic amines) is 1. The lowest BCUT2D eigenvalue weighted by Gasteiger charge is -2.36. The second-order valence-corrected chi connectivity index (χ2v) is 5.31. The Morgan fingerprint density at radius 3 is 2.47 bits per heavy atom. The van der Waals surface area contributed by atoms with Crippen molar-refractivity contribution in [2.75, 3.05) is 6.54 Å². The maximum Gasteiger partial charge on any atom is 0.411 e. The molecule has 6 heteroatoms. The highest BCUT2D eigenvalue weighted by Crippen LogP contribution is 2.20. The van der Waals surface area contributed by atoms with Gasteiger partial charge in [-0.05, 0) is 33.6 Å². The van der Waals surface area contributed by atoms with Gasteiger partial charge in [0.1, 0.15) is 11.6 Å². The average Bonchev–Trinajstić information content (AvgIpc) is 2.14. The van der Waals surface area contributed by atoms with Crippen molar-refractivity contribution >= 4 is 12.1 Å². The molecule has 1 aliphatic rings. The fourth-order valence-corrected chi connectivity index (χ4v) is 1.77. The molecule has 0 aromatic carbocycles. The molecule has 0 aromatic rings. The lowest BCUT2D eigenvalue weighted by molar-refractivity contribution is -0.144. The molecule has 0 aromatic heterocycles. The fraction of sp³-hybridized carbons (Fsp3) is 0.818. The van der Waals surface area contributed by atoms with E-state index in [1.807, 2.05) is 0 Å². The Labute approximate surface area is 101 Å². The lowest BCUT2D eigenvalue weighted by Crippen LogP contribution is -2.54. The molecular formula is C11H20N2O4. The Hall–Kier alpha value is -1.30. The number of piperidine rings is 1. The SMILES string of the molecule is CC(C)(C)OC(=O)N1CC[C@H](N)C[C@H]1C(=O)O. The standard InChI is InChI=1S/C11H20N2O4/c1-11(2,3)17-10(16)13-5-4-7(12)6-8(13)9(14)15/h7-8H,4-6,12H2,1-3H3,(H,14,15)/t7-,8-/m0/s1. The predicted octanol–water partition coefficient (Wildman–Crippen LogP) is 0.798. The normalized spacial score (nSPS) is 25.5. The average molecular weight is 244 g/mol. The zero-order valence-electron chi connectivity index (χ0n) is 10.5. The molecule has 0 spiro atoms. The molecule has 1 rings (SSSR count). The van der Waals surface area contributed by atoms with Crippen LogP contribution in [0.1, 0.15) is 33.6 Å². The van der Waals surface area contributed by atoms with E-state index in [2.05, 4.69) is 0 Å². The summed E-state index contributed by atoms with van der Waals surface area (Å²) < 4.78 is 5.18. The van der Waals surface area contributed by atoms with E-state index in [4.69, 9.17) is 15.6 Å². The van der Waals surface area contributed by atoms with Gasteiger partial charge in [-0.25, -0.2) is 9.59 Å². The summed E-state index contributed by atoms with van der Waals surface area (Å²) in [6.45, 7) is 5.57. The van der Waals surface area contributed by atoms with Crippen LogP contribution >= 0.6 is 0 Å². The zero-order valence-corrected chi connectivity index (χ0v) is 10.5. The number of carbonyl (C=O) groups excluding carboxylic acids is 1. The molecule has 6 nitrogen and oxygen atoms in total. The van der Waals surface area contributed by atoms with E-state index in [9.17, 15) is 9.59 Å². The first kappa shape index (κ1) is 13.8.